The highest BCUT2D eigenvalue weighted by Gasteiger charge is 2.09. The van der Waals surface area contributed by atoms with Crippen molar-refractivity contribution in [1.29, 1.82) is 0 Å². The van der Waals surface area contributed by atoms with Crippen molar-refractivity contribution in [2.45, 2.75) is 19.7 Å². The second kappa shape index (κ2) is 10.4. The largest absolute Gasteiger partial charge is 0.465 e. The molecule has 0 saturated heterocycles. The Labute approximate surface area is 162 Å². The van der Waals surface area contributed by atoms with E-state index in [4.69, 9.17) is 0 Å². The third kappa shape index (κ3) is 6.96. The number of rotatable bonds is 9. The molecule has 6 nitrogen and oxygen atoms in total. The quantitative estimate of drug-likeness (QED) is 0.665. The Hall–Kier alpha value is -3.00. The average Bonchev–Trinajstić information content (AvgIpc) is 2.67. The van der Waals surface area contributed by atoms with Crippen LogP contribution in [0, 0.1) is 0 Å². The van der Waals surface area contributed by atoms with Gasteiger partial charge in [-0.2, -0.15) is 8.78 Å². The lowest BCUT2D eigenvalue weighted by molar-refractivity contribution is -0.122. The molecule has 0 radical (unpaired) electrons. The summed E-state index contributed by atoms with van der Waals surface area (Å²) in [6, 6.07) is 13.1. The first kappa shape index (κ1) is 21.3. The van der Waals surface area contributed by atoms with Gasteiger partial charge in [-0.1, -0.05) is 24.3 Å². The fourth-order valence-electron chi connectivity index (χ4n) is 2.52. The van der Waals surface area contributed by atoms with E-state index >= 15 is 0 Å². The molecular formula is C20H22F2N2O4. The van der Waals surface area contributed by atoms with Gasteiger partial charge in [-0.05, 0) is 42.4 Å². The minimum atomic E-state index is -2.85. The van der Waals surface area contributed by atoms with Crippen molar-refractivity contribution >= 4 is 11.9 Å². The van der Waals surface area contributed by atoms with E-state index in [1.807, 2.05) is 0 Å². The zero-order valence-corrected chi connectivity index (χ0v) is 15.7. The molecule has 2 aromatic rings. The maximum absolute atomic E-state index is 12.1. The number of nitrogens with zero attached hydrogens (tertiary/aromatic N) is 1. The van der Waals surface area contributed by atoms with Gasteiger partial charge in [0.05, 0.1) is 19.2 Å². The molecule has 0 aliphatic heterocycles. The minimum Gasteiger partial charge on any atom is -0.465 e. The third-order valence-electron chi connectivity index (χ3n) is 3.88. The van der Waals surface area contributed by atoms with Gasteiger partial charge in [0.25, 0.3) is 0 Å². The Balaban J connectivity index is 1.77. The van der Waals surface area contributed by atoms with Crippen molar-refractivity contribution in [3.63, 3.8) is 0 Å². The van der Waals surface area contributed by atoms with Crippen LogP contribution in [0.4, 0.5) is 8.78 Å². The summed E-state index contributed by atoms with van der Waals surface area (Å²) >= 11 is 0. The van der Waals surface area contributed by atoms with E-state index in [1.54, 1.807) is 48.3 Å². The molecule has 2 aromatic carbocycles. The predicted octanol–water partition coefficient (Wildman–Crippen LogP) is 2.82. The van der Waals surface area contributed by atoms with Crippen LogP contribution < -0.4 is 10.1 Å². The van der Waals surface area contributed by atoms with Gasteiger partial charge in [-0.15, -0.1) is 0 Å². The monoisotopic (exact) mass is 392 g/mol. The first-order chi connectivity index (χ1) is 13.4. The molecule has 2 rings (SSSR count). The van der Waals surface area contributed by atoms with E-state index in [-0.39, 0.29) is 18.2 Å². The zero-order chi connectivity index (χ0) is 20.5. The summed E-state index contributed by atoms with van der Waals surface area (Å²) in [7, 11) is 3.10. The van der Waals surface area contributed by atoms with E-state index < -0.39 is 12.6 Å². The van der Waals surface area contributed by atoms with Crippen LogP contribution in [0.2, 0.25) is 0 Å². The van der Waals surface area contributed by atoms with Crippen LogP contribution in [0.3, 0.4) is 0 Å². The Morgan fingerprint density at radius 1 is 1.04 bits per heavy atom. The molecule has 0 aliphatic carbocycles. The molecule has 0 spiro atoms. The normalized spacial score (nSPS) is 10.8. The van der Waals surface area contributed by atoms with E-state index in [9.17, 15) is 18.4 Å². The van der Waals surface area contributed by atoms with Crippen LogP contribution in [0.1, 0.15) is 21.5 Å². The van der Waals surface area contributed by atoms with Gasteiger partial charge in [0, 0.05) is 13.1 Å². The standard InChI is InChI=1S/C20H22F2N2O4/c1-24(12-15-5-9-17(10-6-15)28-20(21)22)13-18(25)23-11-14-3-7-16(8-4-14)19(26)27-2/h3-10,20H,11-13H2,1-2H3,(H,23,25). The molecule has 1 amide bonds. The van der Waals surface area contributed by atoms with Gasteiger partial charge in [-0.3, -0.25) is 9.69 Å². The fourth-order valence-corrected chi connectivity index (χ4v) is 2.52. The number of halogens is 2. The topological polar surface area (TPSA) is 67.9 Å². The van der Waals surface area contributed by atoms with Gasteiger partial charge in [0.15, 0.2) is 0 Å². The second-order valence-electron chi connectivity index (χ2n) is 6.16. The number of methoxy groups -OCH3 is 1. The zero-order valence-electron chi connectivity index (χ0n) is 15.7. The first-order valence-corrected chi connectivity index (χ1v) is 8.53. The van der Waals surface area contributed by atoms with Crippen molar-refractivity contribution in [1.82, 2.24) is 10.2 Å². The molecular weight excluding hydrogens is 370 g/mol. The molecule has 0 saturated carbocycles. The van der Waals surface area contributed by atoms with Crippen molar-refractivity contribution in [2.24, 2.45) is 0 Å². The van der Waals surface area contributed by atoms with Crippen molar-refractivity contribution in [3.8, 4) is 5.75 Å². The third-order valence-corrected chi connectivity index (χ3v) is 3.88. The lowest BCUT2D eigenvalue weighted by Crippen LogP contribution is -2.34. The number of hydrogen-bond acceptors (Lipinski definition) is 5. The Bertz CT molecular complexity index is 780. The van der Waals surface area contributed by atoms with E-state index in [0.29, 0.717) is 18.7 Å². The average molecular weight is 392 g/mol. The number of hydrogen-bond donors (Lipinski definition) is 1. The summed E-state index contributed by atoms with van der Waals surface area (Å²) in [4.78, 5) is 25.3. The highest BCUT2D eigenvalue weighted by Crippen LogP contribution is 2.15. The molecule has 1 N–H and O–H groups in total. The molecule has 0 aliphatic rings. The number of nitrogens with one attached hydrogen (secondary N) is 1. The number of likely N-dealkylation sites (N-methyl/N-ethyl adjacent to an activating group) is 1. The van der Waals surface area contributed by atoms with Gasteiger partial charge in [-0.25, -0.2) is 4.79 Å². The van der Waals surface area contributed by atoms with Crippen molar-refractivity contribution < 1.29 is 27.8 Å². The molecule has 0 fully saturated rings. The number of ether oxygens (including phenoxy) is 2. The van der Waals surface area contributed by atoms with Gasteiger partial charge < -0.3 is 14.8 Å². The lowest BCUT2D eigenvalue weighted by Gasteiger charge is -2.16. The Morgan fingerprint density at radius 2 is 1.64 bits per heavy atom. The van der Waals surface area contributed by atoms with E-state index in [2.05, 4.69) is 14.8 Å². The maximum Gasteiger partial charge on any atom is 0.387 e. The highest BCUT2D eigenvalue weighted by molar-refractivity contribution is 5.89. The van der Waals surface area contributed by atoms with Gasteiger partial charge in [0.2, 0.25) is 5.91 Å². The Kier molecular flexibility index (Phi) is 7.88. The number of amides is 1. The molecule has 0 unspecified atom stereocenters. The first-order valence-electron chi connectivity index (χ1n) is 8.53. The van der Waals surface area contributed by atoms with Crippen LogP contribution in [0.5, 0.6) is 5.75 Å². The van der Waals surface area contributed by atoms with Crippen LogP contribution in [-0.4, -0.2) is 44.1 Å². The highest BCUT2D eigenvalue weighted by atomic mass is 19.3. The predicted molar refractivity (Wildman–Crippen MR) is 99.0 cm³/mol. The molecule has 0 atom stereocenters. The van der Waals surface area contributed by atoms with Gasteiger partial charge >= 0.3 is 12.6 Å². The van der Waals surface area contributed by atoms with Crippen LogP contribution >= 0.6 is 0 Å². The van der Waals surface area contributed by atoms with Crippen LogP contribution in [0.25, 0.3) is 0 Å². The maximum atomic E-state index is 12.1. The lowest BCUT2D eigenvalue weighted by atomic mass is 10.1. The number of alkyl halides is 2. The second-order valence-corrected chi connectivity index (χ2v) is 6.16. The number of benzene rings is 2. The number of carbonyl (C=O) groups excluding carboxylic acids is 2. The Morgan fingerprint density at radius 3 is 2.21 bits per heavy atom. The number of carbonyl (C=O) groups is 2. The SMILES string of the molecule is COC(=O)c1ccc(CNC(=O)CN(C)Cc2ccc(OC(F)F)cc2)cc1. The molecule has 0 aromatic heterocycles. The number of esters is 1. The summed E-state index contributed by atoms with van der Waals surface area (Å²) < 4.78 is 33.2. The summed E-state index contributed by atoms with van der Waals surface area (Å²) in [5.74, 6) is -0.472. The van der Waals surface area contributed by atoms with Crippen LogP contribution in [-0.2, 0) is 22.6 Å². The van der Waals surface area contributed by atoms with Gasteiger partial charge in [0.1, 0.15) is 5.75 Å². The summed E-state index contributed by atoms with van der Waals surface area (Å²) in [6.45, 7) is -1.85. The van der Waals surface area contributed by atoms with E-state index in [0.717, 1.165) is 11.1 Å². The molecule has 0 bridgehead atoms. The summed E-state index contributed by atoms with van der Waals surface area (Å²) in [6.07, 6.45) is 0. The van der Waals surface area contributed by atoms with Crippen molar-refractivity contribution in [3.05, 3.63) is 65.2 Å². The van der Waals surface area contributed by atoms with Crippen molar-refractivity contribution in [2.75, 3.05) is 20.7 Å². The summed E-state index contributed by atoms with van der Waals surface area (Å²) in [5, 5.41) is 2.81. The van der Waals surface area contributed by atoms with E-state index in [1.165, 1.54) is 19.2 Å². The molecule has 8 heteroatoms. The fraction of sp³-hybridized carbons (Fsp3) is 0.300. The molecule has 150 valence electrons. The molecule has 28 heavy (non-hydrogen) atoms. The minimum absolute atomic E-state index is 0.0948. The van der Waals surface area contributed by atoms with Crippen LogP contribution in [0.15, 0.2) is 48.5 Å². The smallest absolute Gasteiger partial charge is 0.387 e. The summed E-state index contributed by atoms with van der Waals surface area (Å²) in [5.41, 5.74) is 2.18. The molecule has 0 heterocycles.